The quantitative estimate of drug-likeness (QED) is 0.623. The van der Waals surface area contributed by atoms with Crippen molar-refractivity contribution in [2.24, 2.45) is 10.9 Å². The number of rotatable bonds is 8. The van der Waals surface area contributed by atoms with Crippen LogP contribution in [0.15, 0.2) is 65.7 Å². The molecule has 0 amide bonds. The fraction of sp³-hybridized carbons (Fsp3) is 0.158. The Kier molecular flexibility index (Phi) is 6.21. The van der Waals surface area contributed by atoms with E-state index in [4.69, 9.17) is 5.11 Å². The first kappa shape index (κ1) is 18.9. The number of aliphatic imine (C=N–C) groups is 1. The van der Waals surface area contributed by atoms with Crippen molar-refractivity contribution >= 4 is 23.6 Å². The van der Waals surface area contributed by atoms with Gasteiger partial charge in [-0.2, -0.15) is 0 Å². The molecule has 0 heterocycles. The maximum Gasteiger partial charge on any atom is 0.329 e. The molecule has 26 heavy (non-hydrogen) atoms. The molecule has 0 radical (unpaired) electrons. The number of nitrogens with zero attached hydrogens (tertiary/aromatic N) is 1. The summed E-state index contributed by atoms with van der Waals surface area (Å²) < 4.78 is 0. The summed E-state index contributed by atoms with van der Waals surface area (Å²) in [6.07, 6.45) is -0.841. The number of carbonyl (C=O) groups is 3. The molecule has 7 nitrogen and oxygen atoms in total. The normalized spacial score (nSPS) is 12.6. The van der Waals surface area contributed by atoms with Gasteiger partial charge in [0.05, 0.1) is 12.1 Å². The lowest BCUT2D eigenvalue weighted by atomic mass is 9.95. The number of aliphatic carboxylic acids is 3. The molecule has 0 aliphatic rings. The van der Waals surface area contributed by atoms with Gasteiger partial charge in [-0.15, -0.1) is 0 Å². The third kappa shape index (κ3) is 4.76. The summed E-state index contributed by atoms with van der Waals surface area (Å²) in [6.45, 7) is 0. The van der Waals surface area contributed by atoms with Crippen LogP contribution < -0.4 is 0 Å². The molecule has 2 aromatic rings. The maximum absolute atomic E-state index is 11.7. The first-order valence-corrected chi connectivity index (χ1v) is 7.76. The monoisotopic (exact) mass is 355 g/mol. The molecule has 0 spiro atoms. The highest BCUT2D eigenvalue weighted by molar-refractivity contribution is 6.13. The predicted molar refractivity (Wildman–Crippen MR) is 93.3 cm³/mol. The highest BCUT2D eigenvalue weighted by atomic mass is 16.4. The molecule has 7 heteroatoms. The molecule has 0 fully saturated rings. The molecule has 0 aliphatic heterocycles. The third-order valence-corrected chi connectivity index (χ3v) is 3.71. The Morgan fingerprint density at radius 2 is 1.23 bits per heavy atom. The minimum Gasteiger partial charge on any atom is -0.481 e. The number of benzene rings is 2. The number of carboxylic acid groups (broad SMARTS) is 3. The van der Waals surface area contributed by atoms with E-state index in [0.717, 1.165) is 0 Å². The first-order chi connectivity index (χ1) is 12.4. The van der Waals surface area contributed by atoms with E-state index in [1.807, 2.05) is 0 Å². The summed E-state index contributed by atoms with van der Waals surface area (Å²) in [5.74, 6) is -6.11. The Bertz CT molecular complexity index is 775. The van der Waals surface area contributed by atoms with Crippen LogP contribution in [0, 0.1) is 5.92 Å². The van der Waals surface area contributed by atoms with Crippen LogP contribution >= 0.6 is 0 Å². The van der Waals surface area contributed by atoms with Crippen molar-refractivity contribution in [2.75, 3.05) is 0 Å². The van der Waals surface area contributed by atoms with Crippen molar-refractivity contribution in [1.29, 1.82) is 0 Å². The van der Waals surface area contributed by atoms with Gasteiger partial charge in [-0.05, 0) is 0 Å². The summed E-state index contributed by atoms with van der Waals surface area (Å²) in [5, 5.41) is 27.7. The molecule has 0 unspecified atom stereocenters. The van der Waals surface area contributed by atoms with Crippen molar-refractivity contribution in [3.05, 3.63) is 71.8 Å². The molecule has 0 aromatic heterocycles. The maximum atomic E-state index is 11.7. The smallest absolute Gasteiger partial charge is 0.329 e. The summed E-state index contributed by atoms with van der Waals surface area (Å²) in [6, 6.07) is 15.7. The summed E-state index contributed by atoms with van der Waals surface area (Å²) in [5.41, 5.74) is 1.49. The lowest BCUT2D eigenvalue weighted by Crippen LogP contribution is -2.36. The fourth-order valence-corrected chi connectivity index (χ4v) is 2.49. The first-order valence-electron chi connectivity index (χ1n) is 7.76. The lowest BCUT2D eigenvalue weighted by Gasteiger charge is -2.17. The zero-order valence-electron chi connectivity index (χ0n) is 13.6. The highest BCUT2D eigenvalue weighted by Gasteiger charge is 2.36. The van der Waals surface area contributed by atoms with E-state index in [9.17, 15) is 24.6 Å². The Morgan fingerprint density at radius 1 is 0.769 bits per heavy atom. The number of carboxylic acids is 3. The standard InChI is InChI=1S/C19H17NO6/c21-15(22)11-14(18(23)24)17(19(25)26)20-16(12-7-3-1-4-8-12)13-9-5-2-6-10-13/h1-10,14,17H,11H2,(H,21,22)(H,23,24)(H,25,26)/t14-,17-/m0/s1. The molecule has 2 rings (SSSR count). The van der Waals surface area contributed by atoms with Gasteiger partial charge < -0.3 is 15.3 Å². The van der Waals surface area contributed by atoms with Gasteiger partial charge in [0.1, 0.15) is 5.92 Å². The Morgan fingerprint density at radius 3 is 1.58 bits per heavy atom. The van der Waals surface area contributed by atoms with Gasteiger partial charge >= 0.3 is 17.9 Å². The average molecular weight is 355 g/mol. The molecule has 2 atom stereocenters. The van der Waals surface area contributed by atoms with Gasteiger partial charge in [-0.3, -0.25) is 14.6 Å². The second-order valence-electron chi connectivity index (χ2n) is 5.54. The van der Waals surface area contributed by atoms with E-state index < -0.39 is 36.3 Å². The second-order valence-corrected chi connectivity index (χ2v) is 5.54. The van der Waals surface area contributed by atoms with E-state index in [-0.39, 0.29) is 5.71 Å². The third-order valence-electron chi connectivity index (χ3n) is 3.71. The minimum atomic E-state index is -1.74. The second kappa shape index (κ2) is 8.57. The van der Waals surface area contributed by atoms with Crippen molar-refractivity contribution < 1.29 is 29.7 Å². The van der Waals surface area contributed by atoms with Crippen molar-refractivity contribution in [1.82, 2.24) is 0 Å². The van der Waals surface area contributed by atoms with Gasteiger partial charge in [0, 0.05) is 11.1 Å². The fourth-order valence-electron chi connectivity index (χ4n) is 2.49. The van der Waals surface area contributed by atoms with E-state index in [2.05, 4.69) is 4.99 Å². The molecular formula is C19H17NO6. The van der Waals surface area contributed by atoms with E-state index >= 15 is 0 Å². The van der Waals surface area contributed by atoms with Crippen LogP contribution in [-0.2, 0) is 14.4 Å². The van der Waals surface area contributed by atoms with Gasteiger partial charge in [0.15, 0.2) is 6.04 Å². The topological polar surface area (TPSA) is 124 Å². The van der Waals surface area contributed by atoms with Gasteiger partial charge in [0.2, 0.25) is 0 Å². The zero-order chi connectivity index (χ0) is 19.1. The summed E-state index contributed by atoms with van der Waals surface area (Å²) in [7, 11) is 0. The SMILES string of the molecule is O=C(O)C[C@H](C(=O)O)[C@H](N=C(c1ccccc1)c1ccccc1)C(=O)O. The Labute approximate surface area is 149 Å². The van der Waals surface area contributed by atoms with E-state index in [1.165, 1.54) is 0 Å². The number of hydrogen-bond acceptors (Lipinski definition) is 4. The molecular weight excluding hydrogens is 338 g/mol. The van der Waals surface area contributed by atoms with Crippen LogP contribution in [0.1, 0.15) is 17.5 Å². The van der Waals surface area contributed by atoms with Crippen LogP contribution in [0.3, 0.4) is 0 Å². The van der Waals surface area contributed by atoms with E-state index in [0.29, 0.717) is 11.1 Å². The molecule has 0 saturated heterocycles. The van der Waals surface area contributed by atoms with Gasteiger partial charge in [0.25, 0.3) is 0 Å². The predicted octanol–water partition coefficient (Wildman–Crippen LogP) is 2.15. The van der Waals surface area contributed by atoms with Crippen molar-refractivity contribution in [3.8, 4) is 0 Å². The van der Waals surface area contributed by atoms with Gasteiger partial charge in [-0.25, -0.2) is 4.79 Å². The zero-order valence-corrected chi connectivity index (χ0v) is 13.6. The average Bonchev–Trinajstić information content (AvgIpc) is 2.62. The van der Waals surface area contributed by atoms with Crippen LogP contribution in [0.2, 0.25) is 0 Å². The van der Waals surface area contributed by atoms with Crippen LogP contribution in [0.5, 0.6) is 0 Å². The van der Waals surface area contributed by atoms with E-state index in [1.54, 1.807) is 60.7 Å². The lowest BCUT2D eigenvalue weighted by molar-refractivity contribution is -0.153. The summed E-state index contributed by atoms with van der Waals surface area (Å²) >= 11 is 0. The van der Waals surface area contributed by atoms with Gasteiger partial charge in [-0.1, -0.05) is 60.7 Å². The van der Waals surface area contributed by atoms with Crippen LogP contribution in [0.4, 0.5) is 0 Å². The largest absolute Gasteiger partial charge is 0.481 e. The van der Waals surface area contributed by atoms with Crippen LogP contribution in [-0.4, -0.2) is 45.0 Å². The molecule has 2 aromatic carbocycles. The highest BCUT2D eigenvalue weighted by Crippen LogP contribution is 2.19. The molecule has 0 saturated carbocycles. The minimum absolute atomic E-state index is 0.287. The van der Waals surface area contributed by atoms with Crippen molar-refractivity contribution in [3.63, 3.8) is 0 Å². The van der Waals surface area contributed by atoms with Crippen LogP contribution in [0.25, 0.3) is 0 Å². The Hall–Kier alpha value is -3.48. The molecule has 0 bridgehead atoms. The molecule has 0 aliphatic carbocycles. The molecule has 3 N–H and O–H groups in total. The number of hydrogen-bond donors (Lipinski definition) is 3. The van der Waals surface area contributed by atoms with Crippen molar-refractivity contribution in [2.45, 2.75) is 12.5 Å². The molecule has 134 valence electrons. The Balaban J connectivity index is 2.59. The summed E-state index contributed by atoms with van der Waals surface area (Å²) in [4.78, 5) is 38.2.